The number of carbonyl (C=O) groups excluding carboxylic acids is 1. The fraction of sp³-hybridized carbons (Fsp3) is 0.176. The Morgan fingerprint density at radius 1 is 1.26 bits per heavy atom. The summed E-state index contributed by atoms with van der Waals surface area (Å²) in [5.41, 5.74) is 2.12. The number of hydrogen-bond donors (Lipinski definition) is 2. The van der Waals surface area contributed by atoms with Crippen molar-refractivity contribution in [1.82, 2.24) is 0 Å². The van der Waals surface area contributed by atoms with Crippen molar-refractivity contribution in [2.24, 2.45) is 0 Å². The first-order valence-electron chi connectivity index (χ1n) is 6.99. The fourth-order valence-corrected chi connectivity index (χ4v) is 2.63. The summed E-state index contributed by atoms with van der Waals surface area (Å²) in [4.78, 5) is 12.9. The number of nitrogens with zero attached hydrogens (tertiary/aromatic N) is 1. The molecule has 0 radical (unpaired) electrons. The summed E-state index contributed by atoms with van der Waals surface area (Å²) in [7, 11) is 0. The molecule has 0 saturated carbocycles. The SMILES string of the molecule is Cc1ccc(F)cc1NCC(=O)Nc1ccccc1SCC#N. The molecule has 0 aliphatic rings. The number of amides is 1. The number of para-hydroxylation sites is 1. The van der Waals surface area contributed by atoms with Crippen LogP contribution in [-0.4, -0.2) is 18.2 Å². The summed E-state index contributed by atoms with van der Waals surface area (Å²) in [5.74, 6) is -0.274. The van der Waals surface area contributed by atoms with Gasteiger partial charge in [-0.15, -0.1) is 11.8 Å². The van der Waals surface area contributed by atoms with Gasteiger partial charge in [-0.2, -0.15) is 5.26 Å². The number of thioether (sulfide) groups is 1. The first-order chi connectivity index (χ1) is 11.1. The van der Waals surface area contributed by atoms with Crippen LogP contribution >= 0.6 is 11.8 Å². The summed E-state index contributed by atoms with van der Waals surface area (Å²) < 4.78 is 13.2. The van der Waals surface area contributed by atoms with E-state index in [1.807, 2.05) is 25.1 Å². The number of nitrogens with one attached hydrogen (secondary N) is 2. The molecule has 4 nitrogen and oxygen atoms in total. The van der Waals surface area contributed by atoms with Gasteiger partial charge in [0, 0.05) is 10.6 Å². The van der Waals surface area contributed by atoms with Crippen LogP contribution in [0.2, 0.25) is 0 Å². The molecule has 0 aliphatic carbocycles. The van der Waals surface area contributed by atoms with Gasteiger partial charge < -0.3 is 10.6 Å². The maximum atomic E-state index is 13.2. The molecule has 2 N–H and O–H groups in total. The lowest BCUT2D eigenvalue weighted by Gasteiger charge is -2.12. The molecule has 23 heavy (non-hydrogen) atoms. The van der Waals surface area contributed by atoms with E-state index in [2.05, 4.69) is 16.7 Å². The maximum absolute atomic E-state index is 13.2. The summed E-state index contributed by atoms with van der Waals surface area (Å²) in [6.45, 7) is 1.87. The summed E-state index contributed by atoms with van der Waals surface area (Å²) in [6.07, 6.45) is 0. The second-order valence-corrected chi connectivity index (χ2v) is 5.82. The van der Waals surface area contributed by atoms with Crippen molar-refractivity contribution in [3.8, 4) is 6.07 Å². The Hall–Kier alpha value is -2.52. The average Bonchev–Trinajstić information content (AvgIpc) is 2.55. The molecule has 0 fully saturated rings. The molecule has 0 atom stereocenters. The minimum Gasteiger partial charge on any atom is -0.376 e. The van der Waals surface area contributed by atoms with Crippen molar-refractivity contribution >= 4 is 29.0 Å². The number of nitriles is 1. The van der Waals surface area contributed by atoms with Crippen LogP contribution in [0.4, 0.5) is 15.8 Å². The van der Waals surface area contributed by atoms with E-state index >= 15 is 0 Å². The van der Waals surface area contributed by atoms with Crippen LogP contribution in [0.25, 0.3) is 0 Å². The molecular weight excluding hydrogens is 313 g/mol. The van der Waals surface area contributed by atoms with Crippen molar-refractivity contribution < 1.29 is 9.18 Å². The number of benzene rings is 2. The quantitative estimate of drug-likeness (QED) is 0.791. The topological polar surface area (TPSA) is 64.9 Å². The van der Waals surface area contributed by atoms with E-state index in [1.54, 1.807) is 12.1 Å². The van der Waals surface area contributed by atoms with Gasteiger partial charge in [0.05, 0.1) is 24.1 Å². The van der Waals surface area contributed by atoms with Crippen LogP contribution in [-0.2, 0) is 4.79 Å². The monoisotopic (exact) mass is 329 g/mol. The van der Waals surface area contributed by atoms with Crippen molar-refractivity contribution in [2.45, 2.75) is 11.8 Å². The molecule has 2 aromatic carbocycles. The highest BCUT2D eigenvalue weighted by Gasteiger charge is 2.08. The second kappa shape index (κ2) is 8.20. The van der Waals surface area contributed by atoms with Gasteiger partial charge in [0.1, 0.15) is 5.82 Å². The Kier molecular flexibility index (Phi) is 6.01. The lowest BCUT2D eigenvalue weighted by molar-refractivity contribution is -0.114. The molecular formula is C17H16FN3OS. The minimum atomic E-state index is -0.350. The van der Waals surface area contributed by atoms with Gasteiger partial charge in [-0.05, 0) is 36.8 Å². The van der Waals surface area contributed by atoms with Gasteiger partial charge in [-0.3, -0.25) is 4.79 Å². The maximum Gasteiger partial charge on any atom is 0.243 e. The average molecular weight is 329 g/mol. The van der Waals surface area contributed by atoms with Crippen molar-refractivity contribution in [3.05, 3.63) is 53.8 Å². The number of hydrogen-bond acceptors (Lipinski definition) is 4. The van der Waals surface area contributed by atoms with Crippen molar-refractivity contribution in [2.75, 3.05) is 22.9 Å². The van der Waals surface area contributed by atoms with E-state index in [0.717, 1.165) is 10.5 Å². The van der Waals surface area contributed by atoms with Crippen molar-refractivity contribution in [1.29, 1.82) is 5.26 Å². The Balaban J connectivity index is 1.97. The zero-order chi connectivity index (χ0) is 16.7. The molecule has 118 valence electrons. The van der Waals surface area contributed by atoms with Gasteiger partial charge in [-0.1, -0.05) is 18.2 Å². The fourth-order valence-electron chi connectivity index (χ4n) is 1.96. The van der Waals surface area contributed by atoms with Gasteiger partial charge in [0.15, 0.2) is 0 Å². The van der Waals surface area contributed by atoms with Crippen molar-refractivity contribution in [3.63, 3.8) is 0 Å². The highest BCUT2D eigenvalue weighted by molar-refractivity contribution is 7.99. The normalized spacial score (nSPS) is 9.96. The number of rotatable bonds is 6. The minimum absolute atomic E-state index is 0.0293. The lowest BCUT2D eigenvalue weighted by Crippen LogP contribution is -2.22. The molecule has 1 amide bonds. The summed E-state index contributed by atoms with van der Waals surface area (Å²) in [5, 5.41) is 14.4. The zero-order valence-corrected chi connectivity index (χ0v) is 13.4. The Bertz CT molecular complexity index is 743. The Morgan fingerprint density at radius 2 is 2.04 bits per heavy atom. The smallest absolute Gasteiger partial charge is 0.243 e. The first-order valence-corrected chi connectivity index (χ1v) is 7.97. The van der Waals surface area contributed by atoms with Crippen LogP contribution in [0, 0.1) is 24.1 Å². The van der Waals surface area contributed by atoms with Crippen LogP contribution in [0.3, 0.4) is 0 Å². The van der Waals surface area contributed by atoms with Crippen LogP contribution in [0.5, 0.6) is 0 Å². The molecule has 0 bridgehead atoms. The third-order valence-electron chi connectivity index (χ3n) is 3.09. The molecule has 0 spiro atoms. The number of anilines is 2. The Morgan fingerprint density at radius 3 is 2.83 bits per heavy atom. The Labute approximate surface area is 138 Å². The number of halogens is 1. The number of carbonyl (C=O) groups is 1. The molecule has 2 rings (SSSR count). The predicted octanol–water partition coefficient (Wildman–Crippen LogP) is 3.80. The third kappa shape index (κ3) is 5.01. The van der Waals surface area contributed by atoms with Gasteiger partial charge in [0.25, 0.3) is 0 Å². The molecule has 0 unspecified atom stereocenters. The molecule has 0 heterocycles. The highest BCUT2D eigenvalue weighted by Crippen LogP contribution is 2.26. The molecule has 0 aliphatic heterocycles. The van der Waals surface area contributed by atoms with E-state index in [-0.39, 0.29) is 18.3 Å². The molecule has 6 heteroatoms. The van der Waals surface area contributed by atoms with E-state index < -0.39 is 0 Å². The largest absolute Gasteiger partial charge is 0.376 e. The molecule has 2 aromatic rings. The van der Waals surface area contributed by atoms with E-state index in [4.69, 9.17) is 5.26 Å². The van der Waals surface area contributed by atoms with Gasteiger partial charge >= 0.3 is 0 Å². The van der Waals surface area contributed by atoms with E-state index in [1.165, 1.54) is 23.9 Å². The second-order valence-electron chi connectivity index (χ2n) is 4.80. The lowest BCUT2D eigenvalue weighted by atomic mass is 10.2. The molecule has 0 aromatic heterocycles. The highest BCUT2D eigenvalue weighted by atomic mass is 32.2. The van der Waals surface area contributed by atoms with Gasteiger partial charge in [0.2, 0.25) is 5.91 Å². The predicted molar refractivity (Wildman–Crippen MR) is 91.0 cm³/mol. The summed E-state index contributed by atoms with van der Waals surface area (Å²) in [6, 6.07) is 13.8. The van der Waals surface area contributed by atoms with Crippen LogP contribution in [0.15, 0.2) is 47.4 Å². The van der Waals surface area contributed by atoms with Gasteiger partial charge in [-0.25, -0.2) is 4.39 Å². The third-order valence-corrected chi connectivity index (χ3v) is 4.03. The zero-order valence-electron chi connectivity index (χ0n) is 12.6. The standard InChI is InChI=1S/C17H16FN3OS/c1-12-6-7-13(18)10-15(12)20-11-17(22)21-14-4-2-3-5-16(14)23-9-8-19/h2-7,10,20H,9,11H2,1H3,(H,21,22). The van der Waals surface area contributed by atoms with Crippen LogP contribution < -0.4 is 10.6 Å². The molecule has 0 saturated heterocycles. The van der Waals surface area contributed by atoms with E-state index in [0.29, 0.717) is 17.1 Å². The summed E-state index contributed by atoms with van der Waals surface area (Å²) >= 11 is 1.36. The number of aryl methyl sites for hydroxylation is 1. The first kappa shape index (κ1) is 16.8. The van der Waals surface area contributed by atoms with Crippen LogP contribution in [0.1, 0.15) is 5.56 Å². The van der Waals surface area contributed by atoms with E-state index in [9.17, 15) is 9.18 Å².